The quantitative estimate of drug-likeness (QED) is 0.544. The van der Waals surface area contributed by atoms with Crippen molar-refractivity contribution in [1.29, 1.82) is 0 Å². The molecule has 0 radical (unpaired) electrons. The molecule has 0 bridgehead atoms. The number of anilines is 2. The Morgan fingerprint density at radius 2 is 1.39 bits per heavy atom. The van der Waals surface area contributed by atoms with E-state index in [9.17, 15) is 0 Å². The van der Waals surface area contributed by atoms with Crippen LogP contribution in [0.5, 0.6) is 11.5 Å². The Kier molecular flexibility index (Phi) is 6.18. The zero-order chi connectivity index (χ0) is 21.0. The van der Waals surface area contributed by atoms with Gasteiger partial charge in [0.25, 0.3) is 0 Å². The maximum absolute atomic E-state index is 6.01. The molecule has 3 saturated heterocycles. The highest BCUT2D eigenvalue weighted by Gasteiger charge is 2.24. The van der Waals surface area contributed by atoms with Crippen LogP contribution in [-0.2, 0) is 15.9 Å². The molecule has 0 aromatic heterocycles. The molecule has 2 aromatic carbocycles. The summed E-state index contributed by atoms with van der Waals surface area (Å²) < 4.78 is 22.2. The monoisotopic (exact) mass is 424 g/mol. The number of benzene rings is 2. The molecule has 2 unspecified atom stereocenters. The van der Waals surface area contributed by atoms with Crippen molar-refractivity contribution in [3.63, 3.8) is 0 Å². The molecule has 3 aliphatic rings. The molecular weight excluding hydrogens is 392 g/mol. The fraction of sp³-hybridized carbons (Fsp3) is 0.520. The largest absolute Gasteiger partial charge is 0.491 e. The lowest BCUT2D eigenvalue weighted by Gasteiger charge is -2.37. The number of hydrogen-bond donors (Lipinski definition) is 0. The molecule has 0 spiro atoms. The number of piperazine rings is 1. The van der Waals surface area contributed by atoms with Crippen molar-refractivity contribution in [1.82, 2.24) is 0 Å². The molecule has 3 heterocycles. The highest BCUT2D eigenvalue weighted by molar-refractivity contribution is 5.56. The predicted molar refractivity (Wildman–Crippen MR) is 122 cm³/mol. The van der Waals surface area contributed by atoms with Gasteiger partial charge in [-0.2, -0.15) is 0 Å². The van der Waals surface area contributed by atoms with E-state index >= 15 is 0 Å². The van der Waals surface area contributed by atoms with E-state index in [0.29, 0.717) is 19.3 Å². The van der Waals surface area contributed by atoms with Crippen molar-refractivity contribution in [2.75, 3.05) is 62.4 Å². The number of rotatable bonds is 10. The number of aryl methyl sites for hydroxylation is 1. The standard InChI is InChI=1S/C25H32N2O4/c1-2-3-19-14-21(6-9-25(19)31-18-24-17-30-24)27-12-10-26(11-13-27)20-4-7-22(8-5-20)28-15-23-16-29-23/h4-9,14,23-24H,2-3,10-13,15-18H2,1H3. The lowest BCUT2D eigenvalue weighted by Crippen LogP contribution is -2.46. The Labute approximate surface area is 184 Å². The summed E-state index contributed by atoms with van der Waals surface area (Å²) in [6.45, 7) is 9.23. The van der Waals surface area contributed by atoms with Crippen molar-refractivity contribution in [3.8, 4) is 11.5 Å². The molecular formula is C25H32N2O4. The fourth-order valence-electron chi connectivity index (χ4n) is 4.04. The Hall–Kier alpha value is -2.44. The molecule has 166 valence electrons. The highest BCUT2D eigenvalue weighted by atomic mass is 16.6. The Morgan fingerprint density at radius 3 is 2.00 bits per heavy atom. The number of nitrogens with zero attached hydrogens (tertiary/aromatic N) is 2. The van der Waals surface area contributed by atoms with Gasteiger partial charge in [0.05, 0.1) is 13.2 Å². The topological polar surface area (TPSA) is 50.0 Å². The van der Waals surface area contributed by atoms with Crippen LogP contribution in [0.25, 0.3) is 0 Å². The fourth-order valence-corrected chi connectivity index (χ4v) is 4.04. The predicted octanol–water partition coefficient (Wildman–Crippen LogP) is 3.52. The molecule has 0 saturated carbocycles. The van der Waals surface area contributed by atoms with Gasteiger partial charge < -0.3 is 28.7 Å². The number of epoxide rings is 2. The molecule has 6 heteroatoms. The van der Waals surface area contributed by atoms with Crippen LogP contribution in [0.3, 0.4) is 0 Å². The van der Waals surface area contributed by atoms with Crippen LogP contribution < -0.4 is 19.3 Å². The van der Waals surface area contributed by atoms with Crippen LogP contribution in [0.4, 0.5) is 11.4 Å². The van der Waals surface area contributed by atoms with Gasteiger partial charge >= 0.3 is 0 Å². The van der Waals surface area contributed by atoms with Gasteiger partial charge in [0.1, 0.15) is 36.9 Å². The molecule has 3 fully saturated rings. The van der Waals surface area contributed by atoms with E-state index in [1.807, 2.05) is 0 Å². The smallest absolute Gasteiger partial charge is 0.122 e. The molecule has 0 aliphatic carbocycles. The Morgan fingerprint density at radius 1 is 0.806 bits per heavy atom. The third-order valence-electron chi connectivity index (χ3n) is 6.08. The van der Waals surface area contributed by atoms with Gasteiger partial charge in [0.2, 0.25) is 0 Å². The Bertz CT molecular complexity index is 856. The van der Waals surface area contributed by atoms with Crippen LogP contribution >= 0.6 is 0 Å². The van der Waals surface area contributed by atoms with Crippen molar-refractivity contribution in [3.05, 3.63) is 48.0 Å². The van der Waals surface area contributed by atoms with Crippen molar-refractivity contribution in [2.24, 2.45) is 0 Å². The Balaban J connectivity index is 1.17. The lowest BCUT2D eigenvalue weighted by atomic mass is 10.1. The molecule has 0 amide bonds. The number of ether oxygens (including phenoxy) is 4. The maximum Gasteiger partial charge on any atom is 0.122 e. The van der Waals surface area contributed by atoms with Gasteiger partial charge in [-0.3, -0.25) is 0 Å². The molecule has 2 atom stereocenters. The first kappa shape index (κ1) is 20.5. The zero-order valence-electron chi connectivity index (χ0n) is 18.3. The third-order valence-corrected chi connectivity index (χ3v) is 6.08. The second kappa shape index (κ2) is 9.37. The molecule has 5 rings (SSSR count). The van der Waals surface area contributed by atoms with E-state index in [2.05, 4.69) is 59.2 Å². The van der Waals surface area contributed by atoms with Gasteiger partial charge in [-0.05, 0) is 54.4 Å². The summed E-state index contributed by atoms with van der Waals surface area (Å²) in [6, 6.07) is 15.1. The second-order valence-electron chi connectivity index (χ2n) is 8.54. The summed E-state index contributed by atoms with van der Waals surface area (Å²) in [5.74, 6) is 1.92. The minimum Gasteiger partial charge on any atom is -0.491 e. The minimum atomic E-state index is 0.287. The van der Waals surface area contributed by atoms with Crippen LogP contribution in [-0.4, -0.2) is 64.8 Å². The van der Waals surface area contributed by atoms with E-state index in [-0.39, 0.29) is 6.10 Å². The van der Waals surface area contributed by atoms with Gasteiger partial charge in [0, 0.05) is 37.6 Å². The summed E-state index contributed by atoms with van der Waals surface area (Å²) >= 11 is 0. The first-order valence-corrected chi connectivity index (χ1v) is 11.5. The van der Waals surface area contributed by atoms with Crippen molar-refractivity contribution < 1.29 is 18.9 Å². The highest BCUT2D eigenvalue weighted by Crippen LogP contribution is 2.29. The molecule has 6 nitrogen and oxygen atoms in total. The SMILES string of the molecule is CCCc1cc(N2CCN(c3ccc(OCC4CO4)cc3)CC2)ccc1OCC1CO1. The van der Waals surface area contributed by atoms with E-state index in [1.54, 1.807) is 0 Å². The molecule has 2 aromatic rings. The van der Waals surface area contributed by atoms with Crippen molar-refractivity contribution in [2.45, 2.75) is 32.0 Å². The first-order valence-electron chi connectivity index (χ1n) is 11.5. The molecule has 31 heavy (non-hydrogen) atoms. The summed E-state index contributed by atoms with van der Waals surface area (Å²) in [6.07, 6.45) is 2.73. The third kappa shape index (κ3) is 5.43. The van der Waals surface area contributed by atoms with E-state index in [0.717, 1.165) is 63.7 Å². The van der Waals surface area contributed by atoms with Gasteiger partial charge in [-0.1, -0.05) is 13.3 Å². The summed E-state index contributed by atoms with van der Waals surface area (Å²) in [7, 11) is 0. The lowest BCUT2D eigenvalue weighted by molar-refractivity contribution is 0.261. The summed E-state index contributed by atoms with van der Waals surface area (Å²) in [5.41, 5.74) is 3.85. The van der Waals surface area contributed by atoms with Crippen molar-refractivity contribution >= 4 is 11.4 Å². The second-order valence-corrected chi connectivity index (χ2v) is 8.54. The van der Waals surface area contributed by atoms with Gasteiger partial charge in [-0.25, -0.2) is 0 Å². The first-order chi connectivity index (χ1) is 15.3. The number of hydrogen-bond acceptors (Lipinski definition) is 6. The summed E-state index contributed by atoms with van der Waals surface area (Å²) in [5, 5.41) is 0. The van der Waals surface area contributed by atoms with Gasteiger partial charge in [0.15, 0.2) is 0 Å². The molecule has 3 aliphatic heterocycles. The van der Waals surface area contributed by atoms with E-state index in [4.69, 9.17) is 18.9 Å². The van der Waals surface area contributed by atoms with Crippen LogP contribution in [0, 0.1) is 0 Å². The van der Waals surface area contributed by atoms with Gasteiger partial charge in [-0.15, -0.1) is 0 Å². The zero-order valence-corrected chi connectivity index (χ0v) is 18.3. The summed E-state index contributed by atoms with van der Waals surface area (Å²) in [4.78, 5) is 4.93. The average Bonchev–Trinajstić information content (AvgIpc) is 3.73. The average molecular weight is 425 g/mol. The van der Waals surface area contributed by atoms with Crippen LogP contribution in [0.2, 0.25) is 0 Å². The van der Waals surface area contributed by atoms with Crippen LogP contribution in [0.15, 0.2) is 42.5 Å². The van der Waals surface area contributed by atoms with E-state index < -0.39 is 0 Å². The normalized spacial score (nSPS) is 22.4. The van der Waals surface area contributed by atoms with Crippen LogP contribution in [0.1, 0.15) is 18.9 Å². The van der Waals surface area contributed by atoms with E-state index in [1.165, 1.54) is 16.9 Å². The minimum absolute atomic E-state index is 0.287. The molecule has 0 N–H and O–H groups in total. The maximum atomic E-state index is 6.01.